The molecule has 0 amide bonds. The lowest BCUT2D eigenvalue weighted by Gasteiger charge is -2.10. The highest BCUT2D eigenvalue weighted by Crippen LogP contribution is 2.00. The Balaban J connectivity index is 2.80. The summed E-state index contributed by atoms with van der Waals surface area (Å²) >= 11 is 0. The Kier molecular flexibility index (Phi) is 1.91. The Morgan fingerprint density at radius 2 is 2.21 bits per heavy atom. The number of hydrogen-bond acceptors (Lipinski definition) is 3. The molecule has 1 aliphatic heterocycles. The molecule has 74 valence electrons. The van der Waals surface area contributed by atoms with Crippen LogP contribution in [0.4, 0.5) is 0 Å². The minimum Gasteiger partial charge on any atom is -0.342 e. The molecule has 4 nitrogen and oxygen atoms in total. The van der Waals surface area contributed by atoms with Gasteiger partial charge in [0, 0.05) is 11.7 Å². The molecule has 1 aliphatic rings. The van der Waals surface area contributed by atoms with Gasteiger partial charge in [0.25, 0.3) is 0 Å². The van der Waals surface area contributed by atoms with E-state index in [1.165, 1.54) is 0 Å². The van der Waals surface area contributed by atoms with Gasteiger partial charge in [-0.3, -0.25) is 0 Å². The Bertz CT molecular complexity index is 493. The van der Waals surface area contributed by atoms with Crippen molar-refractivity contribution in [3.05, 3.63) is 29.6 Å². The second-order valence-electron chi connectivity index (χ2n) is 3.73. The molecular weight excluding hydrogens is 176 g/mol. The summed E-state index contributed by atoms with van der Waals surface area (Å²) in [4.78, 5) is 8.67. The summed E-state index contributed by atoms with van der Waals surface area (Å²) < 4.78 is 2.05. The average Bonchev–Trinajstić information content (AvgIpc) is 2.47. The molecule has 0 aliphatic carbocycles. The number of hydrogen-bond donors (Lipinski definition) is 1. The van der Waals surface area contributed by atoms with Gasteiger partial charge in [0.15, 0.2) is 5.49 Å². The standard InChI is InChI=1S/C10H14N4/c1-6(2)14-5-11-9-7(3)12-8(4)13-10(9)14/h5-6,12H,4H2,1-3H3. The number of fused-ring (bicyclic) bond motifs is 1. The normalized spacial score (nSPS) is 15.1. The lowest BCUT2D eigenvalue weighted by atomic mass is 10.3. The molecule has 1 N–H and O–H groups in total. The third kappa shape index (κ3) is 1.23. The molecule has 0 fully saturated rings. The molecule has 2 heterocycles. The topological polar surface area (TPSA) is 42.2 Å². The molecule has 0 unspecified atom stereocenters. The van der Waals surface area contributed by atoms with Crippen LogP contribution in [-0.2, 0) is 0 Å². The van der Waals surface area contributed by atoms with Crippen LogP contribution < -0.4 is 16.2 Å². The van der Waals surface area contributed by atoms with Crippen molar-refractivity contribution in [1.82, 2.24) is 14.9 Å². The van der Waals surface area contributed by atoms with Crippen LogP contribution in [0.5, 0.6) is 0 Å². The van der Waals surface area contributed by atoms with Crippen LogP contribution in [0.2, 0.25) is 0 Å². The van der Waals surface area contributed by atoms with Gasteiger partial charge in [0.2, 0.25) is 0 Å². The Hall–Kier alpha value is -1.58. The second-order valence-corrected chi connectivity index (χ2v) is 3.73. The lowest BCUT2D eigenvalue weighted by Crippen LogP contribution is -2.39. The van der Waals surface area contributed by atoms with E-state index in [9.17, 15) is 0 Å². The molecule has 0 saturated carbocycles. The van der Waals surface area contributed by atoms with Crippen molar-refractivity contribution in [1.29, 1.82) is 0 Å². The molecule has 1 aromatic rings. The molecule has 0 spiro atoms. The lowest BCUT2D eigenvalue weighted by molar-refractivity contribution is 0.572. The Morgan fingerprint density at radius 3 is 2.86 bits per heavy atom. The molecule has 2 rings (SSSR count). The monoisotopic (exact) mass is 190 g/mol. The van der Waals surface area contributed by atoms with E-state index in [1.807, 2.05) is 17.8 Å². The largest absolute Gasteiger partial charge is 0.342 e. The quantitative estimate of drug-likeness (QED) is 0.691. The molecule has 0 saturated heterocycles. The van der Waals surface area contributed by atoms with Gasteiger partial charge in [-0.05, 0) is 20.8 Å². The maximum Gasteiger partial charge on any atom is 0.164 e. The van der Waals surface area contributed by atoms with Crippen LogP contribution in [0.1, 0.15) is 26.8 Å². The van der Waals surface area contributed by atoms with Gasteiger partial charge in [-0.2, -0.15) is 0 Å². The van der Waals surface area contributed by atoms with E-state index in [0.29, 0.717) is 11.9 Å². The van der Waals surface area contributed by atoms with Gasteiger partial charge in [0.05, 0.1) is 6.33 Å². The molecule has 14 heavy (non-hydrogen) atoms. The van der Waals surface area contributed by atoms with Crippen LogP contribution in [0.15, 0.2) is 23.7 Å². The number of aromatic nitrogens is 2. The smallest absolute Gasteiger partial charge is 0.164 e. The third-order valence-corrected chi connectivity index (χ3v) is 2.25. The molecule has 4 heteroatoms. The first kappa shape index (κ1) is 8.99. The number of rotatable bonds is 1. The minimum atomic E-state index is 0.369. The molecule has 0 radical (unpaired) electrons. The molecule has 0 bridgehead atoms. The second kappa shape index (κ2) is 2.97. The molecule has 0 aromatic carbocycles. The van der Waals surface area contributed by atoms with Crippen LogP contribution in [0, 0.1) is 0 Å². The molecule has 0 atom stereocenters. The van der Waals surface area contributed by atoms with E-state index < -0.39 is 0 Å². The number of nitrogens with zero attached hydrogens (tertiary/aromatic N) is 3. The summed E-state index contributed by atoms with van der Waals surface area (Å²) in [6, 6.07) is 0.369. The third-order valence-electron chi connectivity index (χ3n) is 2.25. The zero-order valence-electron chi connectivity index (χ0n) is 8.70. The van der Waals surface area contributed by atoms with Gasteiger partial charge < -0.3 is 9.88 Å². The van der Waals surface area contributed by atoms with Crippen molar-refractivity contribution in [2.75, 3.05) is 0 Å². The van der Waals surface area contributed by atoms with E-state index in [4.69, 9.17) is 0 Å². The van der Waals surface area contributed by atoms with E-state index in [0.717, 1.165) is 16.5 Å². The summed E-state index contributed by atoms with van der Waals surface area (Å²) in [5.41, 5.74) is 1.92. The minimum absolute atomic E-state index is 0.369. The van der Waals surface area contributed by atoms with E-state index in [1.54, 1.807) is 0 Å². The van der Waals surface area contributed by atoms with Crippen molar-refractivity contribution in [2.24, 2.45) is 4.99 Å². The molecule has 1 aromatic heterocycles. The van der Waals surface area contributed by atoms with Crippen molar-refractivity contribution < 1.29 is 0 Å². The zero-order chi connectivity index (χ0) is 10.3. The van der Waals surface area contributed by atoms with Crippen LogP contribution in [-0.4, -0.2) is 9.55 Å². The Labute approximate surface area is 82.7 Å². The van der Waals surface area contributed by atoms with E-state index >= 15 is 0 Å². The van der Waals surface area contributed by atoms with Crippen molar-refractivity contribution in [3.8, 4) is 0 Å². The Morgan fingerprint density at radius 1 is 1.50 bits per heavy atom. The highest BCUT2D eigenvalue weighted by atomic mass is 15.2. The van der Waals surface area contributed by atoms with Crippen molar-refractivity contribution in [3.63, 3.8) is 0 Å². The summed E-state index contributed by atoms with van der Waals surface area (Å²) in [6.45, 7) is 10.0. The fourth-order valence-corrected chi connectivity index (χ4v) is 1.54. The van der Waals surface area contributed by atoms with Crippen LogP contribution in [0.25, 0.3) is 5.70 Å². The SMILES string of the molecule is C=C1N=c2c(ncn2C(C)C)=C(C)N1. The summed E-state index contributed by atoms with van der Waals surface area (Å²) in [5, 5.41) is 3.99. The van der Waals surface area contributed by atoms with Gasteiger partial charge >= 0.3 is 0 Å². The first-order valence-electron chi connectivity index (χ1n) is 4.68. The number of nitrogens with one attached hydrogen (secondary N) is 1. The predicted octanol–water partition coefficient (Wildman–Crippen LogP) is 0.286. The first-order valence-corrected chi connectivity index (χ1v) is 4.68. The molecular formula is C10H14N4. The van der Waals surface area contributed by atoms with E-state index in [-0.39, 0.29) is 0 Å². The zero-order valence-corrected chi connectivity index (χ0v) is 8.70. The summed E-state index contributed by atoms with van der Waals surface area (Å²) in [5.74, 6) is 0.678. The maximum absolute atomic E-state index is 4.35. The predicted molar refractivity (Wildman–Crippen MR) is 54.8 cm³/mol. The fraction of sp³-hybridized carbons (Fsp3) is 0.400. The van der Waals surface area contributed by atoms with E-state index in [2.05, 4.69) is 35.7 Å². The summed E-state index contributed by atoms with van der Waals surface area (Å²) in [6.07, 6.45) is 1.82. The average molecular weight is 190 g/mol. The van der Waals surface area contributed by atoms with Crippen LogP contribution in [0.3, 0.4) is 0 Å². The number of imidazole rings is 1. The van der Waals surface area contributed by atoms with Crippen LogP contribution >= 0.6 is 0 Å². The van der Waals surface area contributed by atoms with Gasteiger partial charge in [-0.15, -0.1) is 0 Å². The van der Waals surface area contributed by atoms with Gasteiger partial charge in [0.1, 0.15) is 11.2 Å². The fourth-order valence-electron chi connectivity index (χ4n) is 1.54. The maximum atomic E-state index is 4.35. The summed E-state index contributed by atoms with van der Waals surface area (Å²) in [7, 11) is 0. The van der Waals surface area contributed by atoms with Crippen molar-refractivity contribution in [2.45, 2.75) is 26.8 Å². The van der Waals surface area contributed by atoms with Gasteiger partial charge in [-0.1, -0.05) is 6.58 Å². The first-order chi connectivity index (χ1) is 6.59. The highest BCUT2D eigenvalue weighted by molar-refractivity contribution is 5.41. The highest BCUT2D eigenvalue weighted by Gasteiger charge is 2.09. The van der Waals surface area contributed by atoms with Crippen molar-refractivity contribution >= 4 is 5.70 Å². The van der Waals surface area contributed by atoms with Gasteiger partial charge in [-0.25, -0.2) is 9.98 Å².